The number of nitrogens with two attached hydrogens (primary N) is 1. The molecule has 0 bridgehead atoms. The molecule has 124 valence electrons. The molecule has 12 heteroatoms. The van der Waals surface area contributed by atoms with Gasteiger partial charge in [0.15, 0.2) is 6.23 Å². The number of ether oxygens (including phenoxy) is 2. The van der Waals surface area contributed by atoms with Gasteiger partial charge < -0.3 is 29.7 Å². The maximum absolute atomic E-state index is 11.9. The monoisotopic (exact) mass is 369 g/mol. The Balaban J connectivity index is 2.36. The first-order valence-corrected chi connectivity index (χ1v) is 9.97. The van der Waals surface area contributed by atoms with Gasteiger partial charge in [-0.25, -0.2) is 4.79 Å². The van der Waals surface area contributed by atoms with Crippen LogP contribution in [0.4, 0.5) is 5.82 Å². The van der Waals surface area contributed by atoms with Crippen molar-refractivity contribution in [2.24, 2.45) is 0 Å². The highest BCUT2D eigenvalue weighted by Crippen LogP contribution is 2.51. The van der Waals surface area contributed by atoms with E-state index in [4.69, 9.17) is 31.5 Å². The van der Waals surface area contributed by atoms with Crippen LogP contribution in [-0.2, 0) is 25.8 Å². The molecular formula is C10H16N3O6PS2. The summed E-state index contributed by atoms with van der Waals surface area (Å²) in [5.74, 6) is 0.0703. The van der Waals surface area contributed by atoms with Crippen molar-refractivity contribution >= 4 is 35.6 Å². The van der Waals surface area contributed by atoms with Crippen molar-refractivity contribution < 1.29 is 24.0 Å². The van der Waals surface area contributed by atoms with Crippen LogP contribution in [0.15, 0.2) is 17.1 Å². The summed E-state index contributed by atoms with van der Waals surface area (Å²) >= 11 is 8.55. The van der Waals surface area contributed by atoms with Gasteiger partial charge in [-0.05, 0) is 17.9 Å². The van der Waals surface area contributed by atoms with Gasteiger partial charge in [-0.15, -0.1) is 0 Å². The number of thiol groups is 1. The predicted molar refractivity (Wildman–Crippen MR) is 85.1 cm³/mol. The predicted octanol–water partition coefficient (Wildman–Crippen LogP) is -0.738. The van der Waals surface area contributed by atoms with Crippen LogP contribution in [0.1, 0.15) is 6.23 Å². The van der Waals surface area contributed by atoms with Crippen LogP contribution in [-0.4, -0.2) is 51.6 Å². The highest BCUT2D eigenvalue weighted by Gasteiger charge is 2.48. The minimum Gasteiger partial charge on any atom is -0.394 e. The molecule has 0 spiro atoms. The number of hydrogen-bond donors (Lipinski definition) is 4. The summed E-state index contributed by atoms with van der Waals surface area (Å²) in [6.45, 7) is -0.415. The first kappa shape index (κ1) is 17.8. The molecule has 22 heavy (non-hydrogen) atoms. The van der Waals surface area contributed by atoms with E-state index >= 15 is 0 Å². The Morgan fingerprint density at radius 1 is 1.64 bits per heavy atom. The first-order valence-electron chi connectivity index (χ1n) is 6.14. The number of rotatable bonds is 5. The van der Waals surface area contributed by atoms with Crippen LogP contribution in [0.5, 0.6) is 0 Å². The number of methoxy groups -OCH3 is 1. The van der Waals surface area contributed by atoms with Crippen LogP contribution in [0, 0.1) is 0 Å². The number of hydrogen-bond acceptors (Lipinski definition) is 8. The van der Waals surface area contributed by atoms with Gasteiger partial charge in [-0.2, -0.15) is 4.98 Å². The fourth-order valence-corrected chi connectivity index (χ4v) is 3.43. The van der Waals surface area contributed by atoms with E-state index in [2.05, 4.69) is 17.2 Å². The largest absolute Gasteiger partial charge is 0.394 e. The standard InChI is InChI=1S/C10H16N3O6PS2/c1-17-8-7(19-20(16,21)22)5(4-14)18-9(8)13-3-2-6(11)12-10(13)15/h2-3,5,7-9,14H,4H2,1H3,(H2,11,12,15)(H2,16,21,22)/t5-,7-,8-,9-/m1/s1. The van der Waals surface area contributed by atoms with Crippen molar-refractivity contribution in [3.8, 4) is 0 Å². The van der Waals surface area contributed by atoms with Crippen molar-refractivity contribution in [2.75, 3.05) is 19.5 Å². The molecule has 0 radical (unpaired) electrons. The van der Waals surface area contributed by atoms with Gasteiger partial charge in [0.2, 0.25) is 5.69 Å². The Morgan fingerprint density at radius 2 is 2.32 bits per heavy atom. The second-order valence-electron chi connectivity index (χ2n) is 4.55. The maximum Gasteiger partial charge on any atom is 0.351 e. The lowest BCUT2D eigenvalue weighted by molar-refractivity contribution is -0.0624. The lowest BCUT2D eigenvalue weighted by Crippen LogP contribution is -2.38. The smallest absolute Gasteiger partial charge is 0.351 e. The third kappa shape index (κ3) is 3.87. The molecule has 0 amide bonds. The van der Waals surface area contributed by atoms with Gasteiger partial charge in [0.1, 0.15) is 24.1 Å². The van der Waals surface area contributed by atoms with Crippen molar-refractivity contribution in [1.82, 2.24) is 9.55 Å². The molecule has 0 aliphatic carbocycles. The molecule has 1 aliphatic rings. The average Bonchev–Trinajstić information content (AvgIpc) is 2.74. The lowest BCUT2D eigenvalue weighted by atomic mass is 10.1. The lowest BCUT2D eigenvalue weighted by Gasteiger charge is -2.24. The minimum atomic E-state index is -3.32. The normalized spacial score (nSPS) is 31.1. The van der Waals surface area contributed by atoms with E-state index in [0.717, 1.165) is 4.57 Å². The number of anilines is 1. The summed E-state index contributed by atoms with van der Waals surface area (Å²) < 4.78 is 17.3. The molecule has 2 rings (SSSR count). The Labute approximate surface area is 136 Å². The van der Waals surface area contributed by atoms with E-state index in [1.54, 1.807) is 0 Å². The van der Waals surface area contributed by atoms with Gasteiger partial charge in [-0.3, -0.25) is 4.57 Å². The van der Waals surface area contributed by atoms with Crippen LogP contribution < -0.4 is 11.4 Å². The molecule has 1 fully saturated rings. The molecule has 4 N–H and O–H groups in total. The molecule has 1 unspecified atom stereocenters. The zero-order chi connectivity index (χ0) is 16.5. The minimum absolute atomic E-state index is 0.0703. The van der Waals surface area contributed by atoms with E-state index in [1.165, 1.54) is 19.4 Å². The third-order valence-corrected chi connectivity index (χ3v) is 4.18. The van der Waals surface area contributed by atoms with Crippen molar-refractivity contribution in [3.63, 3.8) is 0 Å². The Bertz CT molecular complexity index is 637. The molecule has 2 heterocycles. The molecule has 0 aromatic carbocycles. The summed E-state index contributed by atoms with van der Waals surface area (Å²) in [6, 6.07) is 1.43. The van der Waals surface area contributed by atoms with Gasteiger partial charge in [0.05, 0.1) is 6.61 Å². The summed E-state index contributed by atoms with van der Waals surface area (Å²) in [4.78, 5) is 25.2. The molecular weight excluding hydrogens is 353 g/mol. The summed E-state index contributed by atoms with van der Waals surface area (Å²) in [5, 5.41) is 9.41. The van der Waals surface area contributed by atoms with E-state index in [-0.39, 0.29) is 5.82 Å². The summed E-state index contributed by atoms with van der Waals surface area (Å²) in [7, 11) is 1.38. The van der Waals surface area contributed by atoms with E-state index < -0.39 is 42.5 Å². The van der Waals surface area contributed by atoms with Gasteiger partial charge in [-0.1, -0.05) is 12.2 Å². The van der Waals surface area contributed by atoms with Crippen LogP contribution >= 0.6 is 17.9 Å². The van der Waals surface area contributed by atoms with Gasteiger partial charge >= 0.3 is 5.69 Å². The highest BCUT2D eigenvalue weighted by atomic mass is 32.9. The first-order chi connectivity index (χ1) is 10.3. The molecule has 9 nitrogen and oxygen atoms in total. The molecule has 1 saturated heterocycles. The molecule has 1 aromatic rings. The zero-order valence-corrected chi connectivity index (χ0v) is 14.1. The second-order valence-corrected chi connectivity index (χ2v) is 9.67. The van der Waals surface area contributed by atoms with Crippen molar-refractivity contribution in [1.29, 1.82) is 0 Å². The maximum atomic E-state index is 11.9. The Kier molecular flexibility index (Phi) is 5.62. The Morgan fingerprint density at radius 3 is 2.82 bits per heavy atom. The van der Waals surface area contributed by atoms with Crippen LogP contribution in [0.2, 0.25) is 0 Å². The average molecular weight is 369 g/mol. The summed E-state index contributed by atoms with van der Waals surface area (Å²) in [6.07, 6.45) is -2.06. The third-order valence-electron chi connectivity index (χ3n) is 3.12. The number of aliphatic hydroxyl groups is 1. The molecule has 0 saturated carbocycles. The van der Waals surface area contributed by atoms with Gasteiger partial charge in [0.25, 0.3) is 0 Å². The van der Waals surface area contributed by atoms with Gasteiger partial charge in [0, 0.05) is 13.3 Å². The number of aromatic nitrogens is 2. The van der Waals surface area contributed by atoms with E-state index in [1.807, 2.05) is 0 Å². The second kappa shape index (κ2) is 6.93. The number of nitrogens with zero attached hydrogens (tertiary/aromatic N) is 2. The van der Waals surface area contributed by atoms with Crippen LogP contribution in [0.3, 0.4) is 0 Å². The SMILES string of the molecule is CO[C@@H]1[C@H](OP(O)(=S)S)[C@@H](CO)O[C@H]1n1ccc(N)nc1=O. The fourth-order valence-electron chi connectivity index (χ4n) is 2.24. The number of aliphatic hydroxyl groups excluding tert-OH is 1. The highest BCUT2D eigenvalue weighted by molar-refractivity contribution is 8.59. The molecule has 1 aromatic heterocycles. The van der Waals surface area contributed by atoms with Crippen LogP contribution in [0.25, 0.3) is 0 Å². The molecule has 1 aliphatic heterocycles. The fraction of sp³-hybridized carbons (Fsp3) is 0.600. The zero-order valence-electron chi connectivity index (χ0n) is 11.5. The quantitative estimate of drug-likeness (QED) is 0.392. The van der Waals surface area contributed by atoms with E-state index in [9.17, 15) is 14.8 Å². The Hall–Kier alpha value is -0.520. The summed E-state index contributed by atoms with van der Waals surface area (Å²) in [5.41, 5.74) is 1.48. The van der Waals surface area contributed by atoms with Crippen molar-refractivity contribution in [2.45, 2.75) is 24.5 Å². The molecule has 5 atom stereocenters. The van der Waals surface area contributed by atoms with Crippen molar-refractivity contribution in [3.05, 3.63) is 22.7 Å². The number of nitrogen functional groups attached to an aromatic ring is 1. The topological polar surface area (TPSA) is 129 Å². The van der Waals surface area contributed by atoms with E-state index in [0.29, 0.717) is 0 Å².